The van der Waals surface area contributed by atoms with E-state index in [1.165, 1.54) is 0 Å². The summed E-state index contributed by atoms with van der Waals surface area (Å²) in [6.45, 7) is 3.86. The molecule has 15 heavy (non-hydrogen) atoms. The summed E-state index contributed by atoms with van der Waals surface area (Å²) in [5, 5.41) is 18.4. The standard InChI is InChI=1S/C10H18O5/c1-7(11)8(2)15-10(9(12)13)4-3-5-14-6-10/h7-8,11H,3-6H2,1-2H3,(H,12,13). The van der Waals surface area contributed by atoms with Crippen LogP contribution < -0.4 is 0 Å². The van der Waals surface area contributed by atoms with E-state index in [9.17, 15) is 9.90 Å². The first-order valence-corrected chi connectivity index (χ1v) is 5.15. The molecule has 0 saturated carbocycles. The van der Waals surface area contributed by atoms with Crippen LogP contribution in [0.15, 0.2) is 0 Å². The van der Waals surface area contributed by atoms with Gasteiger partial charge in [-0.15, -0.1) is 0 Å². The van der Waals surface area contributed by atoms with E-state index in [0.717, 1.165) is 0 Å². The van der Waals surface area contributed by atoms with E-state index in [4.69, 9.17) is 14.6 Å². The monoisotopic (exact) mass is 218 g/mol. The van der Waals surface area contributed by atoms with Gasteiger partial charge in [-0.25, -0.2) is 4.79 Å². The number of carbonyl (C=O) groups is 1. The highest BCUT2D eigenvalue weighted by atomic mass is 16.6. The Labute approximate surface area is 89.0 Å². The van der Waals surface area contributed by atoms with Gasteiger partial charge in [0.2, 0.25) is 0 Å². The second-order valence-electron chi connectivity index (χ2n) is 4.02. The highest BCUT2D eigenvalue weighted by molar-refractivity contribution is 5.77. The van der Waals surface area contributed by atoms with Crippen molar-refractivity contribution in [1.29, 1.82) is 0 Å². The highest BCUT2D eigenvalue weighted by Gasteiger charge is 2.43. The van der Waals surface area contributed by atoms with E-state index in [1.54, 1.807) is 13.8 Å². The zero-order valence-electron chi connectivity index (χ0n) is 9.10. The van der Waals surface area contributed by atoms with Crippen molar-refractivity contribution in [2.24, 2.45) is 0 Å². The smallest absolute Gasteiger partial charge is 0.338 e. The van der Waals surface area contributed by atoms with Crippen molar-refractivity contribution in [3.05, 3.63) is 0 Å². The summed E-state index contributed by atoms with van der Waals surface area (Å²) < 4.78 is 10.6. The Balaban J connectivity index is 2.68. The minimum Gasteiger partial charge on any atom is -0.479 e. The van der Waals surface area contributed by atoms with E-state index >= 15 is 0 Å². The van der Waals surface area contributed by atoms with Crippen LogP contribution >= 0.6 is 0 Å². The quantitative estimate of drug-likeness (QED) is 0.714. The second kappa shape index (κ2) is 4.92. The molecule has 1 heterocycles. The molecule has 1 aliphatic rings. The topological polar surface area (TPSA) is 76.0 Å². The number of rotatable bonds is 4. The molecule has 1 aliphatic heterocycles. The highest BCUT2D eigenvalue weighted by Crippen LogP contribution is 2.26. The number of aliphatic hydroxyl groups is 1. The lowest BCUT2D eigenvalue weighted by Gasteiger charge is -2.35. The summed E-state index contributed by atoms with van der Waals surface area (Å²) in [6, 6.07) is 0. The number of hydrogen-bond donors (Lipinski definition) is 2. The van der Waals surface area contributed by atoms with Gasteiger partial charge >= 0.3 is 5.97 Å². The van der Waals surface area contributed by atoms with Gasteiger partial charge in [0.05, 0.1) is 18.8 Å². The summed E-state index contributed by atoms with van der Waals surface area (Å²) in [4.78, 5) is 11.1. The lowest BCUT2D eigenvalue weighted by Crippen LogP contribution is -2.51. The number of aliphatic carboxylic acids is 1. The van der Waals surface area contributed by atoms with Crippen LogP contribution in [0.3, 0.4) is 0 Å². The predicted octanol–water partition coefficient (Wildman–Crippen LogP) is 0.406. The Bertz CT molecular complexity index is 220. The van der Waals surface area contributed by atoms with Gasteiger partial charge in [0.25, 0.3) is 0 Å². The molecular formula is C10H18O5. The molecule has 0 aromatic rings. The number of hydrogen-bond acceptors (Lipinski definition) is 4. The Morgan fingerprint density at radius 1 is 1.53 bits per heavy atom. The van der Waals surface area contributed by atoms with Crippen LogP contribution in [-0.2, 0) is 14.3 Å². The molecule has 1 fully saturated rings. The third-order valence-electron chi connectivity index (χ3n) is 2.69. The minimum absolute atomic E-state index is 0.0550. The molecule has 5 heteroatoms. The van der Waals surface area contributed by atoms with Gasteiger partial charge in [0, 0.05) is 6.61 Å². The molecule has 3 unspecified atom stereocenters. The molecule has 5 nitrogen and oxygen atoms in total. The van der Waals surface area contributed by atoms with Crippen LogP contribution in [-0.4, -0.2) is 47.2 Å². The van der Waals surface area contributed by atoms with Crippen molar-refractivity contribution in [1.82, 2.24) is 0 Å². The van der Waals surface area contributed by atoms with Crippen molar-refractivity contribution in [2.45, 2.75) is 44.5 Å². The fourth-order valence-electron chi connectivity index (χ4n) is 1.54. The second-order valence-corrected chi connectivity index (χ2v) is 4.02. The number of aliphatic hydroxyl groups excluding tert-OH is 1. The molecule has 0 aromatic heterocycles. The average Bonchev–Trinajstić information content (AvgIpc) is 2.18. The first-order chi connectivity index (χ1) is 6.98. The van der Waals surface area contributed by atoms with Crippen molar-refractivity contribution in [2.75, 3.05) is 13.2 Å². The Morgan fingerprint density at radius 3 is 2.60 bits per heavy atom. The van der Waals surface area contributed by atoms with Crippen molar-refractivity contribution >= 4 is 5.97 Å². The van der Waals surface area contributed by atoms with Crippen molar-refractivity contribution < 1.29 is 24.5 Å². The van der Waals surface area contributed by atoms with Crippen LogP contribution in [0.2, 0.25) is 0 Å². The largest absolute Gasteiger partial charge is 0.479 e. The Hall–Kier alpha value is -0.650. The third kappa shape index (κ3) is 2.90. The molecule has 0 aromatic carbocycles. The molecule has 0 radical (unpaired) electrons. The van der Waals surface area contributed by atoms with Crippen LogP contribution in [0.4, 0.5) is 0 Å². The van der Waals surface area contributed by atoms with Crippen LogP contribution in [0, 0.1) is 0 Å². The molecular weight excluding hydrogens is 200 g/mol. The van der Waals surface area contributed by atoms with Gasteiger partial charge in [0.1, 0.15) is 0 Å². The van der Waals surface area contributed by atoms with Gasteiger partial charge in [-0.2, -0.15) is 0 Å². The molecule has 1 saturated heterocycles. The molecule has 2 N–H and O–H groups in total. The molecule has 88 valence electrons. The lowest BCUT2D eigenvalue weighted by atomic mass is 9.96. The van der Waals surface area contributed by atoms with Gasteiger partial charge in [-0.3, -0.25) is 0 Å². The Morgan fingerprint density at radius 2 is 2.20 bits per heavy atom. The summed E-state index contributed by atoms with van der Waals surface area (Å²) in [6.07, 6.45) is -0.107. The molecule has 0 bridgehead atoms. The number of carboxylic acids is 1. The molecule has 3 atom stereocenters. The zero-order valence-corrected chi connectivity index (χ0v) is 9.10. The van der Waals surface area contributed by atoms with Gasteiger partial charge < -0.3 is 19.7 Å². The van der Waals surface area contributed by atoms with Gasteiger partial charge in [-0.05, 0) is 26.7 Å². The van der Waals surface area contributed by atoms with Crippen LogP contribution in [0.25, 0.3) is 0 Å². The fourth-order valence-corrected chi connectivity index (χ4v) is 1.54. The number of ether oxygens (including phenoxy) is 2. The summed E-state index contributed by atoms with van der Waals surface area (Å²) >= 11 is 0. The van der Waals surface area contributed by atoms with E-state index in [1.807, 2.05) is 0 Å². The first kappa shape index (κ1) is 12.4. The normalized spacial score (nSPS) is 30.9. The SMILES string of the molecule is CC(O)C(C)OC1(C(=O)O)CCCOC1. The van der Waals surface area contributed by atoms with E-state index in [2.05, 4.69) is 0 Å². The third-order valence-corrected chi connectivity index (χ3v) is 2.69. The summed E-state index contributed by atoms with van der Waals surface area (Å²) in [5.41, 5.74) is -1.28. The Kier molecular flexibility index (Phi) is 4.07. The van der Waals surface area contributed by atoms with Gasteiger partial charge in [-0.1, -0.05) is 0 Å². The van der Waals surface area contributed by atoms with Gasteiger partial charge in [0.15, 0.2) is 5.60 Å². The summed E-state index contributed by atoms with van der Waals surface area (Å²) in [5.74, 6) is -1.02. The maximum Gasteiger partial charge on any atom is 0.338 e. The van der Waals surface area contributed by atoms with E-state index in [0.29, 0.717) is 19.4 Å². The molecule has 1 rings (SSSR count). The van der Waals surface area contributed by atoms with Crippen LogP contribution in [0.5, 0.6) is 0 Å². The lowest BCUT2D eigenvalue weighted by molar-refractivity contribution is -0.201. The maximum atomic E-state index is 11.1. The predicted molar refractivity (Wildman–Crippen MR) is 52.6 cm³/mol. The number of carboxylic acid groups (broad SMARTS) is 1. The van der Waals surface area contributed by atoms with Crippen molar-refractivity contribution in [3.63, 3.8) is 0 Å². The van der Waals surface area contributed by atoms with Crippen LogP contribution in [0.1, 0.15) is 26.7 Å². The van der Waals surface area contributed by atoms with E-state index in [-0.39, 0.29) is 6.61 Å². The average molecular weight is 218 g/mol. The maximum absolute atomic E-state index is 11.1. The minimum atomic E-state index is -1.28. The molecule has 0 spiro atoms. The fraction of sp³-hybridized carbons (Fsp3) is 0.900. The molecule has 0 aliphatic carbocycles. The summed E-state index contributed by atoms with van der Waals surface area (Å²) in [7, 11) is 0. The van der Waals surface area contributed by atoms with E-state index < -0.39 is 23.8 Å². The first-order valence-electron chi connectivity index (χ1n) is 5.15. The van der Waals surface area contributed by atoms with Crippen molar-refractivity contribution in [3.8, 4) is 0 Å². The molecule has 0 amide bonds. The zero-order chi connectivity index (χ0) is 11.5.